The Labute approximate surface area is 156 Å². The minimum Gasteiger partial charge on any atom is -0.493 e. The van der Waals surface area contributed by atoms with E-state index >= 15 is 0 Å². The zero-order chi connectivity index (χ0) is 15.6. The maximum Gasteiger partial charge on any atom is 0.191 e. The van der Waals surface area contributed by atoms with Gasteiger partial charge in [-0.3, -0.25) is 0 Å². The third-order valence-corrected chi connectivity index (χ3v) is 3.76. The van der Waals surface area contributed by atoms with Gasteiger partial charge in [-0.15, -0.1) is 24.0 Å². The lowest BCUT2D eigenvalue weighted by Gasteiger charge is -2.27. The minimum absolute atomic E-state index is 0. The molecule has 1 heterocycles. The van der Waals surface area contributed by atoms with Gasteiger partial charge in [0.1, 0.15) is 5.75 Å². The van der Waals surface area contributed by atoms with Crippen molar-refractivity contribution < 1.29 is 9.47 Å². The number of guanidine groups is 1. The smallest absolute Gasteiger partial charge is 0.191 e. The summed E-state index contributed by atoms with van der Waals surface area (Å²) in [6.07, 6.45) is 4.61. The highest BCUT2D eigenvalue weighted by molar-refractivity contribution is 14.0. The lowest BCUT2D eigenvalue weighted by Crippen LogP contribution is -2.40. The van der Waals surface area contributed by atoms with E-state index in [1.807, 2.05) is 18.2 Å². The van der Waals surface area contributed by atoms with Crippen LogP contribution in [0.1, 0.15) is 31.2 Å². The molecule has 0 radical (unpaired) electrons. The number of nitrogens with two attached hydrogens (primary N) is 1. The van der Waals surface area contributed by atoms with Gasteiger partial charge >= 0.3 is 0 Å². The predicted octanol–water partition coefficient (Wildman–Crippen LogP) is 3.02. The molecular formula is C17H28IN3O2. The van der Waals surface area contributed by atoms with E-state index in [1.165, 1.54) is 19.3 Å². The molecule has 0 aromatic heterocycles. The summed E-state index contributed by atoms with van der Waals surface area (Å²) in [5.74, 6) is 1.53. The molecule has 23 heavy (non-hydrogen) atoms. The van der Waals surface area contributed by atoms with Gasteiger partial charge in [-0.25, -0.2) is 4.99 Å². The Balaban J connectivity index is 0.00000264. The van der Waals surface area contributed by atoms with Crippen LogP contribution in [0, 0.1) is 0 Å². The van der Waals surface area contributed by atoms with Crippen LogP contribution in [0.25, 0.3) is 0 Å². The zero-order valence-corrected chi connectivity index (χ0v) is 16.2. The zero-order valence-electron chi connectivity index (χ0n) is 13.9. The van der Waals surface area contributed by atoms with Crippen LogP contribution in [0.4, 0.5) is 0 Å². The summed E-state index contributed by atoms with van der Waals surface area (Å²) in [6.45, 7) is 4.03. The van der Waals surface area contributed by atoms with Crippen LogP contribution >= 0.6 is 24.0 Å². The van der Waals surface area contributed by atoms with Crippen LogP contribution in [0.2, 0.25) is 0 Å². The quantitative estimate of drug-likeness (QED) is 0.311. The molecule has 0 atom stereocenters. The lowest BCUT2D eigenvalue weighted by atomic mass is 10.1. The maximum absolute atomic E-state index is 6.08. The fourth-order valence-corrected chi connectivity index (χ4v) is 2.52. The van der Waals surface area contributed by atoms with Crippen molar-refractivity contribution in [1.82, 2.24) is 4.90 Å². The van der Waals surface area contributed by atoms with Gasteiger partial charge in [0.15, 0.2) is 5.96 Å². The summed E-state index contributed by atoms with van der Waals surface area (Å²) in [5.41, 5.74) is 7.19. The molecule has 1 fully saturated rings. The Morgan fingerprint density at radius 3 is 2.74 bits per heavy atom. The molecule has 1 aliphatic heterocycles. The van der Waals surface area contributed by atoms with Crippen LogP contribution in [-0.2, 0) is 11.3 Å². The van der Waals surface area contributed by atoms with Gasteiger partial charge in [-0.2, -0.15) is 0 Å². The normalized spacial score (nSPS) is 15.2. The number of benzene rings is 1. The van der Waals surface area contributed by atoms with Crippen molar-refractivity contribution >= 4 is 29.9 Å². The Morgan fingerprint density at radius 2 is 2.00 bits per heavy atom. The van der Waals surface area contributed by atoms with Crippen molar-refractivity contribution in [2.45, 2.75) is 32.2 Å². The summed E-state index contributed by atoms with van der Waals surface area (Å²) in [5, 5.41) is 0. The number of methoxy groups -OCH3 is 1. The number of aliphatic imine (C=N–C) groups is 1. The number of hydrogen-bond donors (Lipinski definition) is 1. The Morgan fingerprint density at radius 1 is 1.22 bits per heavy atom. The van der Waals surface area contributed by atoms with E-state index < -0.39 is 0 Å². The maximum atomic E-state index is 6.08. The van der Waals surface area contributed by atoms with E-state index in [1.54, 1.807) is 7.11 Å². The van der Waals surface area contributed by atoms with Gasteiger partial charge < -0.3 is 20.1 Å². The SMILES string of the molecule is COCCCOc1cccc(CN=C(N)N2CCCCC2)c1.I. The summed E-state index contributed by atoms with van der Waals surface area (Å²) >= 11 is 0. The summed E-state index contributed by atoms with van der Waals surface area (Å²) in [4.78, 5) is 6.69. The van der Waals surface area contributed by atoms with Crippen LogP contribution in [0.3, 0.4) is 0 Å². The van der Waals surface area contributed by atoms with Gasteiger partial charge in [0.05, 0.1) is 13.2 Å². The molecule has 1 aromatic carbocycles. The van der Waals surface area contributed by atoms with E-state index in [2.05, 4.69) is 16.0 Å². The fraction of sp³-hybridized carbons (Fsp3) is 0.588. The first-order valence-electron chi connectivity index (χ1n) is 8.05. The number of ether oxygens (including phenoxy) is 2. The van der Waals surface area contributed by atoms with Crippen molar-refractivity contribution in [3.05, 3.63) is 29.8 Å². The van der Waals surface area contributed by atoms with Gasteiger partial charge in [-0.1, -0.05) is 12.1 Å². The van der Waals surface area contributed by atoms with Gasteiger partial charge in [-0.05, 0) is 37.0 Å². The molecule has 5 nitrogen and oxygen atoms in total. The predicted molar refractivity (Wildman–Crippen MR) is 105 cm³/mol. The second-order valence-corrected chi connectivity index (χ2v) is 5.56. The Bertz CT molecular complexity index is 477. The van der Waals surface area contributed by atoms with Crippen molar-refractivity contribution in [2.75, 3.05) is 33.4 Å². The van der Waals surface area contributed by atoms with Crippen molar-refractivity contribution in [3.63, 3.8) is 0 Å². The Hall–Kier alpha value is -1.02. The standard InChI is InChI=1S/C17H27N3O2.HI/c1-21-11-6-12-22-16-8-5-7-15(13-16)14-19-17(18)20-9-3-2-4-10-20;/h5,7-8,13H,2-4,6,9-12,14H2,1H3,(H2,18,19);1H. The molecule has 0 amide bonds. The molecule has 6 heteroatoms. The fourth-order valence-electron chi connectivity index (χ4n) is 2.52. The first-order chi connectivity index (χ1) is 10.8. The first-order valence-corrected chi connectivity index (χ1v) is 8.05. The molecule has 1 aromatic rings. The number of rotatable bonds is 7. The van der Waals surface area contributed by atoms with Crippen LogP contribution in [0.15, 0.2) is 29.3 Å². The molecule has 130 valence electrons. The first kappa shape index (κ1) is 20.0. The van der Waals surface area contributed by atoms with E-state index in [-0.39, 0.29) is 24.0 Å². The number of piperidine rings is 1. The largest absolute Gasteiger partial charge is 0.493 e. The summed E-state index contributed by atoms with van der Waals surface area (Å²) in [6, 6.07) is 8.04. The van der Waals surface area contributed by atoms with Crippen molar-refractivity contribution in [3.8, 4) is 5.75 Å². The average molecular weight is 433 g/mol. The third kappa shape index (κ3) is 7.39. The van der Waals surface area contributed by atoms with Gasteiger partial charge in [0, 0.05) is 33.2 Å². The monoisotopic (exact) mass is 433 g/mol. The average Bonchev–Trinajstić information content (AvgIpc) is 2.58. The van der Waals surface area contributed by atoms with E-state index in [0.717, 1.165) is 37.4 Å². The molecule has 0 saturated carbocycles. The molecule has 0 spiro atoms. The number of likely N-dealkylation sites (tertiary alicyclic amines) is 1. The summed E-state index contributed by atoms with van der Waals surface area (Å²) < 4.78 is 10.7. The van der Waals surface area contributed by atoms with Crippen LogP contribution < -0.4 is 10.5 Å². The topological polar surface area (TPSA) is 60.1 Å². The Kier molecular flexibility index (Phi) is 10.0. The molecule has 0 aliphatic carbocycles. The van der Waals surface area contributed by atoms with Gasteiger partial charge in [0.25, 0.3) is 0 Å². The molecule has 2 N–H and O–H groups in total. The number of nitrogens with zero attached hydrogens (tertiary/aromatic N) is 2. The van der Waals surface area contributed by atoms with Crippen molar-refractivity contribution in [2.24, 2.45) is 10.7 Å². The van der Waals surface area contributed by atoms with Crippen LogP contribution in [-0.4, -0.2) is 44.3 Å². The number of halogens is 1. The second kappa shape index (κ2) is 11.5. The van der Waals surface area contributed by atoms with Crippen molar-refractivity contribution in [1.29, 1.82) is 0 Å². The van der Waals surface area contributed by atoms with E-state index in [0.29, 0.717) is 19.1 Å². The molecular weight excluding hydrogens is 405 g/mol. The lowest BCUT2D eigenvalue weighted by molar-refractivity contribution is 0.172. The third-order valence-electron chi connectivity index (χ3n) is 3.76. The second-order valence-electron chi connectivity index (χ2n) is 5.56. The van der Waals surface area contributed by atoms with Gasteiger partial charge in [0.2, 0.25) is 0 Å². The molecule has 1 saturated heterocycles. The highest BCUT2D eigenvalue weighted by Gasteiger charge is 2.11. The molecule has 1 aliphatic rings. The molecule has 2 rings (SSSR count). The summed E-state index contributed by atoms with van der Waals surface area (Å²) in [7, 11) is 1.70. The van der Waals surface area contributed by atoms with Crippen LogP contribution in [0.5, 0.6) is 5.75 Å². The minimum atomic E-state index is 0. The highest BCUT2D eigenvalue weighted by Crippen LogP contribution is 2.15. The number of hydrogen-bond acceptors (Lipinski definition) is 3. The van der Waals surface area contributed by atoms with E-state index in [9.17, 15) is 0 Å². The highest BCUT2D eigenvalue weighted by atomic mass is 127. The molecule has 0 unspecified atom stereocenters. The van der Waals surface area contributed by atoms with E-state index in [4.69, 9.17) is 15.2 Å². The molecule has 0 bridgehead atoms.